The molecule has 0 unspecified atom stereocenters. The number of carbonyl (C=O) groups is 2. The quantitative estimate of drug-likeness (QED) is 0.896. The van der Waals surface area contributed by atoms with Gasteiger partial charge in [-0.25, -0.2) is 9.67 Å². The molecule has 1 N–H and O–H groups in total. The molecule has 2 amide bonds. The van der Waals surface area contributed by atoms with Crippen LogP contribution in [0.15, 0.2) is 36.9 Å². The van der Waals surface area contributed by atoms with E-state index in [2.05, 4.69) is 36.2 Å². The fraction of sp³-hybridized carbons (Fsp3) is 0.500. The smallest absolute Gasteiger partial charge is 0.251 e. The highest BCUT2D eigenvalue weighted by atomic mass is 16.2. The van der Waals surface area contributed by atoms with Crippen LogP contribution in [0.1, 0.15) is 55.6 Å². The van der Waals surface area contributed by atoms with Crippen LogP contribution in [0, 0.1) is 0 Å². The Hall–Kier alpha value is -2.70. The molecule has 0 aliphatic carbocycles. The van der Waals surface area contributed by atoms with Crippen molar-refractivity contribution in [2.75, 3.05) is 19.6 Å². The van der Waals surface area contributed by atoms with Gasteiger partial charge in [0.25, 0.3) is 5.91 Å². The van der Waals surface area contributed by atoms with Crippen molar-refractivity contribution in [2.45, 2.75) is 45.1 Å². The molecule has 0 spiro atoms. The molecule has 0 atom stereocenters. The van der Waals surface area contributed by atoms with E-state index in [4.69, 9.17) is 0 Å². The summed E-state index contributed by atoms with van der Waals surface area (Å²) in [5.74, 6) is -0.270. The maximum Gasteiger partial charge on any atom is 0.251 e. The average molecular weight is 369 g/mol. The zero-order chi connectivity index (χ0) is 19.4. The number of hydrogen-bond donors (Lipinski definition) is 1. The molecule has 7 heteroatoms. The Morgan fingerprint density at radius 1 is 1.15 bits per heavy atom. The van der Waals surface area contributed by atoms with E-state index >= 15 is 0 Å². The van der Waals surface area contributed by atoms with Crippen molar-refractivity contribution in [1.82, 2.24) is 25.0 Å². The van der Waals surface area contributed by atoms with E-state index in [0.717, 1.165) is 12.8 Å². The highest BCUT2D eigenvalue weighted by molar-refractivity contribution is 5.96. The lowest BCUT2D eigenvalue weighted by molar-refractivity contribution is -0.131. The van der Waals surface area contributed by atoms with Gasteiger partial charge in [0.1, 0.15) is 12.7 Å². The predicted molar refractivity (Wildman–Crippen MR) is 102 cm³/mol. The molecule has 2 heterocycles. The minimum atomic E-state index is -0.221. The highest BCUT2D eigenvalue weighted by Crippen LogP contribution is 2.22. The molecule has 144 valence electrons. The van der Waals surface area contributed by atoms with Gasteiger partial charge in [0.05, 0.1) is 12.6 Å². The Labute approximate surface area is 159 Å². The molecular weight excluding hydrogens is 342 g/mol. The van der Waals surface area contributed by atoms with Crippen LogP contribution in [0.3, 0.4) is 0 Å². The first-order chi connectivity index (χ1) is 12.8. The van der Waals surface area contributed by atoms with Crippen molar-refractivity contribution in [1.29, 1.82) is 0 Å². The summed E-state index contributed by atoms with van der Waals surface area (Å²) >= 11 is 0. The summed E-state index contributed by atoms with van der Waals surface area (Å²) in [7, 11) is 0. The lowest BCUT2D eigenvalue weighted by Crippen LogP contribution is -2.44. The van der Waals surface area contributed by atoms with E-state index in [-0.39, 0.29) is 29.8 Å². The maximum absolute atomic E-state index is 12.4. The van der Waals surface area contributed by atoms with Crippen LogP contribution in [0.5, 0.6) is 0 Å². The normalized spacial score (nSPS) is 15.6. The first kappa shape index (κ1) is 19.1. The summed E-state index contributed by atoms with van der Waals surface area (Å²) in [6.07, 6.45) is 4.93. The van der Waals surface area contributed by atoms with Gasteiger partial charge in [0, 0.05) is 18.7 Å². The van der Waals surface area contributed by atoms with Crippen LogP contribution in [0.4, 0.5) is 0 Å². The van der Waals surface area contributed by atoms with Crippen molar-refractivity contribution in [2.24, 2.45) is 0 Å². The zero-order valence-electron chi connectivity index (χ0n) is 16.2. The fourth-order valence-corrected chi connectivity index (χ4v) is 3.28. The van der Waals surface area contributed by atoms with Crippen LogP contribution in [0.25, 0.3) is 0 Å². The van der Waals surface area contributed by atoms with Gasteiger partial charge in [-0.05, 0) is 36.0 Å². The zero-order valence-corrected chi connectivity index (χ0v) is 16.2. The van der Waals surface area contributed by atoms with Crippen LogP contribution >= 0.6 is 0 Å². The molecule has 1 aliphatic heterocycles. The maximum atomic E-state index is 12.4. The standard InChI is InChI=1S/C20H27N5O2/c1-20(2,3)16-6-4-15(5-7-16)19(27)22-12-18(26)24-10-8-17(9-11-24)25-14-21-13-23-25/h4-7,13-14,17H,8-12H2,1-3H3,(H,22,27). The first-order valence-electron chi connectivity index (χ1n) is 9.35. The molecule has 1 aliphatic rings. The van der Waals surface area contributed by atoms with Crippen molar-refractivity contribution in [3.8, 4) is 0 Å². The molecule has 0 radical (unpaired) electrons. The number of benzene rings is 1. The van der Waals surface area contributed by atoms with Crippen molar-refractivity contribution >= 4 is 11.8 Å². The van der Waals surface area contributed by atoms with E-state index in [1.54, 1.807) is 11.2 Å². The minimum absolute atomic E-state index is 0.0217. The van der Waals surface area contributed by atoms with Gasteiger partial charge in [-0.1, -0.05) is 32.9 Å². The van der Waals surface area contributed by atoms with Gasteiger partial charge in [-0.15, -0.1) is 0 Å². The molecular formula is C20H27N5O2. The summed E-state index contributed by atoms with van der Waals surface area (Å²) in [6, 6.07) is 7.83. The highest BCUT2D eigenvalue weighted by Gasteiger charge is 2.24. The Kier molecular flexibility index (Phi) is 5.58. The third-order valence-electron chi connectivity index (χ3n) is 5.04. The Morgan fingerprint density at radius 3 is 2.37 bits per heavy atom. The average Bonchev–Trinajstić information content (AvgIpc) is 3.20. The second-order valence-corrected chi connectivity index (χ2v) is 8.00. The molecule has 0 bridgehead atoms. The minimum Gasteiger partial charge on any atom is -0.343 e. The number of carbonyl (C=O) groups excluding carboxylic acids is 2. The van der Waals surface area contributed by atoms with Crippen molar-refractivity contribution in [3.63, 3.8) is 0 Å². The van der Waals surface area contributed by atoms with Crippen LogP contribution in [0.2, 0.25) is 0 Å². The second-order valence-electron chi connectivity index (χ2n) is 8.00. The van der Waals surface area contributed by atoms with Gasteiger partial charge in [-0.3, -0.25) is 9.59 Å². The number of nitrogens with zero attached hydrogens (tertiary/aromatic N) is 4. The van der Waals surface area contributed by atoms with E-state index < -0.39 is 0 Å². The summed E-state index contributed by atoms with van der Waals surface area (Å²) < 4.78 is 1.85. The molecule has 0 saturated carbocycles. The van der Waals surface area contributed by atoms with Gasteiger partial charge < -0.3 is 10.2 Å². The van der Waals surface area contributed by atoms with E-state index in [9.17, 15) is 9.59 Å². The molecule has 27 heavy (non-hydrogen) atoms. The van der Waals surface area contributed by atoms with Gasteiger partial charge in [0.2, 0.25) is 5.91 Å². The Bertz CT molecular complexity index is 770. The SMILES string of the molecule is CC(C)(C)c1ccc(C(=O)NCC(=O)N2CCC(n3cncn3)CC2)cc1. The molecule has 3 rings (SSSR count). The number of likely N-dealkylation sites (tertiary alicyclic amines) is 1. The molecule has 7 nitrogen and oxygen atoms in total. The number of nitrogens with one attached hydrogen (secondary N) is 1. The molecule has 1 saturated heterocycles. The van der Waals surface area contributed by atoms with E-state index in [1.165, 1.54) is 11.9 Å². The van der Waals surface area contributed by atoms with Crippen LogP contribution < -0.4 is 5.32 Å². The lowest BCUT2D eigenvalue weighted by atomic mass is 9.87. The third-order valence-corrected chi connectivity index (χ3v) is 5.04. The first-order valence-corrected chi connectivity index (χ1v) is 9.35. The largest absolute Gasteiger partial charge is 0.343 e. The van der Waals surface area contributed by atoms with E-state index in [0.29, 0.717) is 18.7 Å². The van der Waals surface area contributed by atoms with Gasteiger partial charge >= 0.3 is 0 Å². The van der Waals surface area contributed by atoms with Crippen molar-refractivity contribution < 1.29 is 9.59 Å². The summed E-state index contributed by atoms with van der Waals surface area (Å²) in [6.45, 7) is 7.75. The Balaban J connectivity index is 1.47. The molecule has 2 aromatic rings. The number of rotatable bonds is 4. The van der Waals surface area contributed by atoms with Crippen LogP contribution in [-0.4, -0.2) is 51.1 Å². The Morgan fingerprint density at radius 2 is 1.81 bits per heavy atom. The molecule has 1 fully saturated rings. The third kappa shape index (κ3) is 4.72. The molecule has 1 aromatic carbocycles. The topological polar surface area (TPSA) is 80.1 Å². The number of amides is 2. The monoisotopic (exact) mass is 369 g/mol. The van der Waals surface area contributed by atoms with Crippen LogP contribution in [-0.2, 0) is 10.2 Å². The summed E-state index contributed by atoms with van der Waals surface area (Å²) in [5.41, 5.74) is 1.79. The fourth-order valence-electron chi connectivity index (χ4n) is 3.28. The van der Waals surface area contributed by atoms with E-state index in [1.807, 2.05) is 28.9 Å². The van der Waals surface area contributed by atoms with Gasteiger partial charge in [-0.2, -0.15) is 5.10 Å². The summed E-state index contributed by atoms with van der Waals surface area (Å²) in [5, 5.41) is 6.90. The second kappa shape index (κ2) is 7.90. The number of aromatic nitrogens is 3. The predicted octanol–water partition coefficient (Wildman–Crippen LogP) is 2.17. The van der Waals surface area contributed by atoms with Crippen molar-refractivity contribution in [3.05, 3.63) is 48.0 Å². The lowest BCUT2D eigenvalue weighted by Gasteiger charge is -2.31. The summed E-state index contributed by atoms with van der Waals surface area (Å²) in [4.78, 5) is 30.5. The number of hydrogen-bond acceptors (Lipinski definition) is 4. The number of piperidine rings is 1. The molecule has 1 aromatic heterocycles. The van der Waals surface area contributed by atoms with Gasteiger partial charge in [0.15, 0.2) is 0 Å².